The zero-order valence-corrected chi connectivity index (χ0v) is 10.7. The van der Waals surface area contributed by atoms with Gasteiger partial charge in [-0.2, -0.15) is 0 Å². The first-order valence-corrected chi connectivity index (χ1v) is 5.58. The molecule has 90 valence electrons. The molecule has 4 heteroatoms. The van der Waals surface area contributed by atoms with Gasteiger partial charge in [0.2, 0.25) is 0 Å². The summed E-state index contributed by atoms with van der Waals surface area (Å²) in [7, 11) is 0. The first kappa shape index (κ1) is 12.9. The molecule has 1 atom stereocenters. The van der Waals surface area contributed by atoms with E-state index < -0.39 is 0 Å². The van der Waals surface area contributed by atoms with Crippen molar-refractivity contribution in [1.29, 1.82) is 0 Å². The maximum absolute atomic E-state index is 11.5. The highest BCUT2D eigenvalue weighted by molar-refractivity contribution is 5.10. The molecular formula is C12H21N3O. The van der Waals surface area contributed by atoms with E-state index in [1.807, 2.05) is 34.6 Å². The first-order chi connectivity index (χ1) is 7.21. The summed E-state index contributed by atoms with van der Waals surface area (Å²) < 4.78 is 0. The second kappa shape index (κ2) is 4.37. The van der Waals surface area contributed by atoms with Crippen molar-refractivity contribution in [2.24, 2.45) is 11.1 Å². The molecule has 16 heavy (non-hydrogen) atoms. The highest BCUT2D eigenvalue weighted by Gasteiger charge is 2.24. The van der Waals surface area contributed by atoms with Crippen LogP contribution in [-0.4, -0.2) is 9.97 Å². The molecule has 1 unspecified atom stereocenters. The lowest BCUT2D eigenvalue weighted by molar-refractivity contribution is 0.314. The average Bonchev–Trinajstić information content (AvgIpc) is 2.14. The van der Waals surface area contributed by atoms with Crippen molar-refractivity contribution in [1.82, 2.24) is 9.97 Å². The smallest absolute Gasteiger partial charge is 0.251 e. The number of nitrogens with one attached hydrogen (secondary N) is 1. The Morgan fingerprint density at radius 1 is 1.38 bits per heavy atom. The molecule has 0 aliphatic rings. The quantitative estimate of drug-likeness (QED) is 0.804. The van der Waals surface area contributed by atoms with Crippen molar-refractivity contribution in [2.75, 3.05) is 0 Å². The largest absolute Gasteiger partial charge is 0.321 e. The fourth-order valence-corrected chi connectivity index (χ4v) is 1.35. The zero-order valence-electron chi connectivity index (χ0n) is 10.7. The highest BCUT2D eigenvalue weighted by atomic mass is 16.1. The topological polar surface area (TPSA) is 71.8 Å². The van der Waals surface area contributed by atoms with Crippen LogP contribution >= 0.6 is 0 Å². The lowest BCUT2D eigenvalue weighted by Gasteiger charge is -2.26. The molecule has 0 saturated heterocycles. The van der Waals surface area contributed by atoms with Crippen LogP contribution in [0.5, 0.6) is 0 Å². The Morgan fingerprint density at radius 3 is 2.38 bits per heavy atom. The maximum Gasteiger partial charge on any atom is 0.251 e. The van der Waals surface area contributed by atoms with Crippen molar-refractivity contribution >= 4 is 0 Å². The number of nitrogens with two attached hydrogens (primary N) is 1. The third-order valence-electron chi connectivity index (χ3n) is 2.60. The SMILES string of the molecule is CC(C)c1cc(=O)[nH]c(C(N)C(C)(C)C)n1. The Morgan fingerprint density at radius 2 is 1.94 bits per heavy atom. The summed E-state index contributed by atoms with van der Waals surface area (Å²) in [6.07, 6.45) is 0. The van der Waals surface area contributed by atoms with E-state index in [0.717, 1.165) is 5.69 Å². The summed E-state index contributed by atoms with van der Waals surface area (Å²) in [6.45, 7) is 10.1. The molecule has 4 nitrogen and oxygen atoms in total. The number of hydrogen-bond donors (Lipinski definition) is 2. The molecule has 0 radical (unpaired) electrons. The van der Waals surface area contributed by atoms with Crippen LogP contribution in [0.3, 0.4) is 0 Å². The molecule has 0 saturated carbocycles. The van der Waals surface area contributed by atoms with Crippen LogP contribution in [0.4, 0.5) is 0 Å². The number of hydrogen-bond acceptors (Lipinski definition) is 3. The number of H-pyrrole nitrogens is 1. The predicted octanol–water partition coefficient (Wildman–Crippen LogP) is 1.94. The fourth-order valence-electron chi connectivity index (χ4n) is 1.35. The Kier molecular flexibility index (Phi) is 3.53. The summed E-state index contributed by atoms with van der Waals surface area (Å²) in [4.78, 5) is 18.6. The van der Waals surface area contributed by atoms with Gasteiger partial charge in [-0.15, -0.1) is 0 Å². The van der Waals surface area contributed by atoms with Gasteiger partial charge in [0, 0.05) is 6.07 Å². The van der Waals surface area contributed by atoms with Crippen molar-refractivity contribution in [2.45, 2.75) is 46.6 Å². The van der Waals surface area contributed by atoms with Crippen LogP contribution in [0.25, 0.3) is 0 Å². The van der Waals surface area contributed by atoms with E-state index in [4.69, 9.17) is 5.73 Å². The molecule has 0 spiro atoms. The normalized spacial score (nSPS) is 14.2. The molecule has 0 amide bonds. The summed E-state index contributed by atoms with van der Waals surface area (Å²) in [5.74, 6) is 0.803. The van der Waals surface area contributed by atoms with E-state index in [9.17, 15) is 4.79 Å². The van der Waals surface area contributed by atoms with E-state index in [1.54, 1.807) is 0 Å². The minimum atomic E-state index is -0.265. The molecule has 1 aromatic heterocycles. The van der Waals surface area contributed by atoms with Crippen LogP contribution < -0.4 is 11.3 Å². The van der Waals surface area contributed by atoms with Gasteiger partial charge in [0.15, 0.2) is 0 Å². The van der Waals surface area contributed by atoms with E-state index in [0.29, 0.717) is 5.82 Å². The Balaban J connectivity index is 3.20. The summed E-state index contributed by atoms with van der Waals surface area (Å²) >= 11 is 0. The van der Waals surface area contributed by atoms with Crippen molar-refractivity contribution in [3.8, 4) is 0 Å². The van der Waals surface area contributed by atoms with E-state index in [1.165, 1.54) is 6.07 Å². The van der Waals surface area contributed by atoms with Gasteiger partial charge in [-0.1, -0.05) is 34.6 Å². The lowest BCUT2D eigenvalue weighted by atomic mass is 9.87. The van der Waals surface area contributed by atoms with Gasteiger partial charge < -0.3 is 10.7 Å². The van der Waals surface area contributed by atoms with Gasteiger partial charge in [-0.05, 0) is 11.3 Å². The summed E-state index contributed by atoms with van der Waals surface area (Å²) in [6, 6.07) is 1.27. The Labute approximate surface area is 96.3 Å². The molecule has 0 aliphatic heterocycles. The molecule has 1 aromatic rings. The summed E-state index contributed by atoms with van der Waals surface area (Å²) in [5, 5.41) is 0. The monoisotopic (exact) mass is 223 g/mol. The van der Waals surface area contributed by atoms with Crippen LogP contribution in [-0.2, 0) is 0 Å². The standard InChI is InChI=1S/C12H21N3O/c1-7(2)8-6-9(16)15-11(14-8)10(13)12(3,4)5/h6-7,10H,13H2,1-5H3,(H,14,15,16). The van der Waals surface area contributed by atoms with Gasteiger partial charge in [0.25, 0.3) is 5.56 Å². The first-order valence-electron chi connectivity index (χ1n) is 5.58. The fraction of sp³-hybridized carbons (Fsp3) is 0.667. The molecule has 1 heterocycles. The second-order valence-electron chi connectivity index (χ2n) is 5.55. The van der Waals surface area contributed by atoms with Gasteiger partial charge in [-0.3, -0.25) is 4.79 Å². The molecular weight excluding hydrogens is 202 g/mol. The third kappa shape index (κ3) is 2.92. The van der Waals surface area contributed by atoms with Crippen LogP contribution in [0, 0.1) is 5.41 Å². The molecule has 0 aliphatic carbocycles. The van der Waals surface area contributed by atoms with Gasteiger partial charge in [0.1, 0.15) is 5.82 Å². The molecule has 0 bridgehead atoms. The average molecular weight is 223 g/mol. The second-order valence-corrected chi connectivity index (χ2v) is 5.55. The van der Waals surface area contributed by atoms with Crippen LogP contribution in [0.1, 0.15) is 58.1 Å². The van der Waals surface area contributed by atoms with E-state index in [-0.39, 0.29) is 22.9 Å². The van der Waals surface area contributed by atoms with Gasteiger partial charge in [-0.25, -0.2) is 4.98 Å². The van der Waals surface area contributed by atoms with Crippen LogP contribution in [0.2, 0.25) is 0 Å². The van der Waals surface area contributed by atoms with Crippen molar-refractivity contribution < 1.29 is 0 Å². The lowest BCUT2D eigenvalue weighted by Crippen LogP contribution is -2.30. The third-order valence-corrected chi connectivity index (χ3v) is 2.60. The van der Waals surface area contributed by atoms with Crippen molar-refractivity contribution in [3.05, 3.63) is 27.9 Å². The minimum absolute atomic E-state index is 0.120. The zero-order chi connectivity index (χ0) is 12.5. The summed E-state index contributed by atoms with van der Waals surface area (Å²) in [5.41, 5.74) is 6.62. The predicted molar refractivity (Wildman–Crippen MR) is 65.3 cm³/mol. The molecule has 0 fully saturated rings. The number of aromatic nitrogens is 2. The van der Waals surface area contributed by atoms with Crippen LogP contribution in [0.15, 0.2) is 10.9 Å². The van der Waals surface area contributed by atoms with E-state index >= 15 is 0 Å². The Bertz CT molecular complexity index is 415. The van der Waals surface area contributed by atoms with E-state index in [2.05, 4.69) is 9.97 Å². The maximum atomic E-state index is 11.5. The molecule has 0 aromatic carbocycles. The van der Waals surface area contributed by atoms with Crippen molar-refractivity contribution in [3.63, 3.8) is 0 Å². The van der Waals surface area contributed by atoms with Gasteiger partial charge in [0.05, 0.1) is 11.7 Å². The van der Waals surface area contributed by atoms with Gasteiger partial charge >= 0.3 is 0 Å². The number of aromatic amines is 1. The minimum Gasteiger partial charge on any atom is -0.321 e. The number of rotatable bonds is 2. The molecule has 3 N–H and O–H groups in total. The Hall–Kier alpha value is -1.16. The highest BCUT2D eigenvalue weighted by Crippen LogP contribution is 2.28. The number of nitrogens with zero attached hydrogens (tertiary/aromatic N) is 1. The molecule has 1 rings (SSSR count).